The van der Waals surface area contributed by atoms with Gasteiger partial charge >= 0.3 is 0 Å². The molecule has 0 unspecified atom stereocenters. The quantitative estimate of drug-likeness (QED) is 0.409. The summed E-state index contributed by atoms with van der Waals surface area (Å²) in [5.41, 5.74) is 0.750. The van der Waals surface area contributed by atoms with Gasteiger partial charge in [-0.3, -0.25) is 9.76 Å². The van der Waals surface area contributed by atoms with Gasteiger partial charge in [-0.2, -0.15) is 13.5 Å². The number of anilines is 1. The van der Waals surface area contributed by atoms with Crippen molar-refractivity contribution in [3.05, 3.63) is 65.9 Å². The van der Waals surface area contributed by atoms with Crippen LogP contribution in [0.15, 0.2) is 75.8 Å². The van der Waals surface area contributed by atoms with Crippen LogP contribution in [0.5, 0.6) is 0 Å². The number of hydrogen-bond donors (Lipinski definition) is 2. The Kier molecular flexibility index (Phi) is 4.47. The van der Waals surface area contributed by atoms with Crippen molar-refractivity contribution in [2.24, 2.45) is 10.2 Å². The summed E-state index contributed by atoms with van der Waals surface area (Å²) in [6.07, 6.45) is 0. The van der Waals surface area contributed by atoms with Gasteiger partial charge in [-0.25, -0.2) is 0 Å². The van der Waals surface area contributed by atoms with Crippen molar-refractivity contribution in [3.63, 3.8) is 0 Å². The third-order valence-electron chi connectivity index (χ3n) is 3.47. The molecule has 0 amide bonds. The van der Waals surface area contributed by atoms with Crippen molar-refractivity contribution >= 4 is 38.0 Å². The van der Waals surface area contributed by atoms with Crippen molar-refractivity contribution in [2.75, 3.05) is 5.23 Å². The Labute approximate surface area is 143 Å². The van der Waals surface area contributed by atoms with Crippen LogP contribution in [0.1, 0.15) is 0 Å². The molecular formula is C16H12N3O5S-. The third-order valence-corrected chi connectivity index (χ3v) is 4.34. The SMILES string of the molecule is O=S(=O)(O)c1ccc(N=Nc2cccc3cccc(N([O-])O)c23)cc1. The van der Waals surface area contributed by atoms with Crippen LogP contribution in [-0.4, -0.2) is 18.2 Å². The van der Waals surface area contributed by atoms with E-state index in [2.05, 4.69) is 10.2 Å². The monoisotopic (exact) mass is 358 g/mol. The van der Waals surface area contributed by atoms with Gasteiger partial charge in [0.1, 0.15) is 0 Å². The lowest BCUT2D eigenvalue weighted by molar-refractivity contribution is 0.297. The molecule has 0 atom stereocenters. The number of azo groups is 1. The second kappa shape index (κ2) is 6.57. The molecule has 3 rings (SSSR count). The molecule has 0 saturated heterocycles. The second-order valence-corrected chi connectivity index (χ2v) is 6.52. The minimum Gasteiger partial charge on any atom is -0.733 e. The van der Waals surface area contributed by atoms with E-state index in [0.717, 1.165) is 0 Å². The van der Waals surface area contributed by atoms with E-state index in [1.807, 2.05) is 0 Å². The van der Waals surface area contributed by atoms with Crippen LogP contribution in [0.25, 0.3) is 10.8 Å². The number of nitrogens with zero attached hydrogens (tertiary/aromatic N) is 3. The maximum absolute atomic E-state index is 11.3. The molecule has 3 aromatic rings. The average molecular weight is 358 g/mol. The first-order chi connectivity index (χ1) is 11.9. The Balaban J connectivity index is 2.02. The molecule has 0 aliphatic heterocycles. The Morgan fingerprint density at radius 2 is 1.56 bits per heavy atom. The molecule has 0 spiro atoms. The van der Waals surface area contributed by atoms with Crippen LogP contribution in [0.2, 0.25) is 0 Å². The third kappa shape index (κ3) is 3.64. The van der Waals surface area contributed by atoms with Gasteiger partial charge in [0.2, 0.25) is 0 Å². The lowest BCUT2D eigenvalue weighted by Crippen LogP contribution is -2.07. The van der Waals surface area contributed by atoms with E-state index in [9.17, 15) is 18.8 Å². The first-order valence-electron chi connectivity index (χ1n) is 7.03. The van der Waals surface area contributed by atoms with Gasteiger partial charge < -0.3 is 10.4 Å². The fraction of sp³-hybridized carbons (Fsp3) is 0. The molecule has 25 heavy (non-hydrogen) atoms. The Bertz CT molecular complexity index is 1040. The second-order valence-electron chi connectivity index (χ2n) is 5.09. The summed E-state index contributed by atoms with van der Waals surface area (Å²) in [6, 6.07) is 15.1. The van der Waals surface area contributed by atoms with Crippen molar-refractivity contribution in [2.45, 2.75) is 4.90 Å². The highest BCUT2D eigenvalue weighted by atomic mass is 32.2. The smallest absolute Gasteiger partial charge is 0.294 e. The standard InChI is InChI=1S/C16H12N3O5S/c20-19(21)15-6-2-4-11-3-1-5-14(16(11)15)18-17-12-7-9-13(10-8-12)25(22,23)24/h1-10,20H,(H,22,23,24)/q-1. The summed E-state index contributed by atoms with van der Waals surface area (Å²) in [6.45, 7) is 0. The lowest BCUT2D eigenvalue weighted by atomic mass is 10.1. The fourth-order valence-electron chi connectivity index (χ4n) is 2.34. The first-order valence-corrected chi connectivity index (χ1v) is 8.47. The minimum absolute atomic E-state index is 0.0359. The summed E-state index contributed by atoms with van der Waals surface area (Å²) < 4.78 is 31.0. The van der Waals surface area contributed by atoms with Gasteiger partial charge in [-0.05, 0) is 41.8 Å². The molecule has 0 aliphatic rings. The molecule has 3 aromatic carbocycles. The molecule has 9 heteroatoms. The summed E-state index contributed by atoms with van der Waals surface area (Å²) in [4.78, 5) is -0.249. The maximum atomic E-state index is 11.3. The number of rotatable bonds is 4. The lowest BCUT2D eigenvalue weighted by Gasteiger charge is -2.23. The molecule has 0 aromatic heterocycles. The molecule has 0 heterocycles. The normalized spacial score (nSPS) is 12.0. The summed E-state index contributed by atoms with van der Waals surface area (Å²) in [5.74, 6) is 0. The molecular weight excluding hydrogens is 346 g/mol. The first kappa shape index (κ1) is 17.0. The number of benzene rings is 3. The zero-order valence-corrected chi connectivity index (χ0v) is 13.5. The summed E-state index contributed by atoms with van der Waals surface area (Å²) >= 11 is 0. The van der Waals surface area contributed by atoms with E-state index >= 15 is 0 Å². The van der Waals surface area contributed by atoms with E-state index in [4.69, 9.17) is 4.55 Å². The van der Waals surface area contributed by atoms with Gasteiger partial charge in [0.25, 0.3) is 10.1 Å². The van der Waals surface area contributed by atoms with E-state index in [1.165, 1.54) is 30.3 Å². The van der Waals surface area contributed by atoms with Crippen molar-refractivity contribution in [1.82, 2.24) is 0 Å². The van der Waals surface area contributed by atoms with E-state index < -0.39 is 10.1 Å². The van der Waals surface area contributed by atoms with Gasteiger partial charge in [0.15, 0.2) is 0 Å². The predicted octanol–water partition coefficient (Wildman–Crippen LogP) is 4.20. The van der Waals surface area contributed by atoms with E-state index in [0.29, 0.717) is 22.1 Å². The highest BCUT2D eigenvalue weighted by Crippen LogP contribution is 2.35. The minimum atomic E-state index is -4.27. The summed E-state index contributed by atoms with van der Waals surface area (Å²) in [5, 5.41) is 29.6. The molecule has 8 nitrogen and oxygen atoms in total. The Morgan fingerprint density at radius 1 is 0.920 bits per heavy atom. The Hall–Kier alpha value is -2.85. The maximum Gasteiger partial charge on any atom is 0.294 e. The average Bonchev–Trinajstić information content (AvgIpc) is 2.58. The van der Waals surface area contributed by atoms with Crippen LogP contribution in [0.3, 0.4) is 0 Å². The van der Waals surface area contributed by atoms with Crippen LogP contribution in [0, 0.1) is 5.21 Å². The largest absolute Gasteiger partial charge is 0.733 e. The van der Waals surface area contributed by atoms with Gasteiger partial charge in [0.05, 0.1) is 22.0 Å². The van der Waals surface area contributed by atoms with Crippen molar-refractivity contribution in [1.29, 1.82) is 0 Å². The summed E-state index contributed by atoms with van der Waals surface area (Å²) in [7, 11) is -4.27. The highest BCUT2D eigenvalue weighted by molar-refractivity contribution is 7.85. The van der Waals surface area contributed by atoms with Gasteiger partial charge in [0, 0.05) is 5.39 Å². The Morgan fingerprint density at radius 3 is 2.16 bits per heavy atom. The molecule has 128 valence electrons. The predicted molar refractivity (Wildman–Crippen MR) is 92.0 cm³/mol. The fourth-order valence-corrected chi connectivity index (χ4v) is 2.82. The molecule has 0 fully saturated rings. The highest BCUT2D eigenvalue weighted by Gasteiger charge is 2.09. The van der Waals surface area contributed by atoms with Gasteiger partial charge in [-0.15, -0.1) is 5.11 Å². The van der Waals surface area contributed by atoms with Crippen LogP contribution >= 0.6 is 0 Å². The molecule has 0 radical (unpaired) electrons. The number of fused-ring (bicyclic) bond motifs is 1. The van der Waals surface area contributed by atoms with Crippen molar-refractivity contribution in [3.8, 4) is 0 Å². The van der Waals surface area contributed by atoms with E-state index in [-0.39, 0.29) is 15.8 Å². The van der Waals surface area contributed by atoms with Gasteiger partial charge in [-0.1, -0.05) is 24.3 Å². The zero-order valence-electron chi connectivity index (χ0n) is 12.6. The van der Waals surface area contributed by atoms with Crippen LogP contribution < -0.4 is 5.23 Å². The van der Waals surface area contributed by atoms with E-state index in [1.54, 1.807) is 30.3 Å². The molecule has 2 N–H and O–H groups in total. The number of hydrogen-bond acceptors (Lipinski definition) is 7. The molecule has 0 aliphatic carbocycles. The van der Waals surface area contributed by atoms with Crippen LogP contribution in [0.4, 0.5) is 17.1 Å². The zero-order chi connectivity index (χ0) is 18.0. The van der Waals surface area contributed by atoms with Crippen molar-refractivity contribution < 1.29 is 18.2 Å². The molecule has 0 bridgehead atoms. The molecule has 0 saturated carbocycles. The van der Waals surface area contributed by atoms with Crippen LogP contribution in [-0.2, 0) is 10.1 Å². The topological polar surface area (TPSA) is 126 Å².